The summed E-state index contributed by atoms with van der Waals surface area (Å²) in [6.45, 7) is 19.4. The Morgan fingerprint density at radius 1 is 1.17 bits per heavy atom. The highest BCUT2D eigenvalue weighted by atomic mass is 28.4. The van der Waals surface area contributed by atoms with Crippen molar-refractivity contribution >= 4 is 8.32 Å². The Hall–Kier alpha value is -1.10. The van der Waals surface area contributed by atoms with E-state index in [-0.39, 0.29) is 15.9 Å². The van der Waals surface area contributed by atoms with Crippen LogP contribution in [-0.4, -0.2) is 33.2 Å². The molecule has 202 valence electrons. The Kier molecular flexibility index (Phi) is 7.93. The molecule has 4 rings (SSSR count). The molecular formula is C32H52O3Si. The molecule has 0 radical (unpaired) electrons. The zero-order valence-electron chi connectivity index (χ0n) is 24.2. The van der Waals surface area contributed by atoms with Crippen LogP contribution >= 0.6 is 0 Å². The van der Waals surface area contributed by atoms with Crippen molar-refractivity contribution in [3.8, 4) is 5.75 Å². The highest BCUT2D eigenvalue weighted by Gasteiger charge is 2.64. The number of aliphatic hydroxyl groups excluding tert-OH is 1. The summed E-state index contributed by atoms with van der Waals surface area (Å²) in [5, 5.41) is 9.61. The molecule has 2 fully saturated rings. The maximum Gasteiger partial charge on any atom is 0.192 e. The minimum absolute atomic E-state index is 0.127. The third kappa shape index (κ3) is 4.64. The lowest BCUT2D eigenvalue weighted by Gasteiger charge is -2.61. The second-order valence-electron chi connectivity index (χ2n) is 13.9. The predicted octanol–water partition coefficient (Wildman–Crippen LogP) is 8.28. The maximum absolute atomic E-state index is 9.38. The molecule has 0 spiro atoms. The average molecular weight is 513 g/mol. The molecule has 0 bridgehead atoms. The van der Waals surface area contributed by atoms with E-state index in [2.05, 4.69) is 71.6 Å². The van der Waals surface area contributed by atoms with Crippen molar-refractivity contribution in [1.29, 1.82) is 0 Å². The average Bonchev–Trinajstić information content (AvgIpc) is 3.15. The van der Waals surface area contributed by atoms with Crippen LogP contribution in [0.4, 0.5) is 0 Å². The van der Waals surface area contributed by atoms with Gasteiger partial charge in [0.25, 0.3) is 0 Å². The van der Waals surface area contributed by atoms with Crippen LogP contribution in [0.25, 0.3) is 0 Å². The van der Waals surface area contributed by atoms with Crippen LogP contribution in [0.1, 0.15) is 96.1 Å². The van der Waals surface area contributed by atoms with E-state index in [1.807, 2.05) is 0 Å². The fourth-order valence-electron chi connectivity index (χ4n) is 8.21. The third-order valence-electron chi connectivity index (χ3n) is 11.0. The first-order chi connectivity index (χ1) is 16.9. The van der Waals surface area contributed by atoms with Gasteiger partial charge in [0.1, 0.15) is 5.75 Å². The van der Waals surface area contributed by atoms with Gasteiger partial charge in [-0.25, -0.2) is 0 Å². The normalized spacial score (nSPS) is 34.0. The number of fused-ring (bicyclic) bond motifs is 5. The molecule has 0 amide bonds. The van der Waals surface area contributed by atoms with E-state index < -0.39 is 8.32 Å². The first kappa shape index (κ1) is 27.9. The lowest BCUT2D eigenvalue weighted by molar-refractivity contribution is -0.0772. The summed E-state index contributed by atoms with van der Waals surface area (Å²) in [6.07, 6.45) is 13.1. The van der Waals surface area contributed by atoms with Crippen molar-refractivity contribution in [2.45, 2.75) is 116 Å². The van der Waals surface area contributed by atoms with E-state index in [0.717, 1.165) is 25.0 Å². The molecule has 2 saturated carbocycles. The van der Waals surface area contributed by atoms with Gasteiger partial charge in [0, 0.05) is 6.61 Å². The Morgan fingerprint density at radius 2 is 1.92 bits per heavy atom. The fourth-order valence-corrected chi connectivity index (χ4v) is 9.66. The molecule has 6 atom stereocenters. The molecule has 3 nitrogen and oxygen atoms in total. The zero-order valence-corrected chi connectivity index (χ0v) is 25.2. The van der Waals surface area contributed by atoms with Gasteiger partial charge in [-0.1, -0.05) is 52.7 Å². The van der Waals surface area contributed by atoms with Crippen molar-refractivity contribution in [1.82, 2.24) is 0 Å². The molecule has 3 aliphatic carbocycles. The first-order valence-corrected chi connectivity index (χ1v) is 17.4. The number of hydrogen-bond donors (Lipinski definition) is 1. The van der Waals surface area contributed by atoms with Gasteiger partial charge in [0.2, 0.25) is 0 Å². The summed E-state index contributed by atoms with van der Waals surface area (Å²) in [4.78, 5) is 0. The number of hydrogen-bond acceptors (Lipinski definition) is 3. The second-order valence-corrected chi connectivity index (χ2v) is 18.7. The Morgan fingerprint density at radius 3 is 2.56 bits per heavy atom. The van der Waals surface area contributed by atoms with Crippen LogP contribution in [0.15, 0.2) is 30.9 Å². The number of allylic oxidation sites excluding steroid dienone is 1. The smallest absolute Gasteiger partial charge is 0.192 e. The summed E-state index contributed by atoms with van der Waals surface area (Å²) in [5.74, 6) is 2.72. The van der Waals surface area contributed by atoms with Crippen LogP contribution in [0.3, 0.4) is 0 Å². The summed E-state index contributed by atoms with van der Waals surface area (Å²) in [5.41, 5.74) is 3.34. The topological polar surface area (TPSA) is 38.7 Å². The van der Waals surface area contributed by atoms with E-state index in [9.17, 15) is 5.11 Å². The number of methoxy groups -OCH3 is 1. The van der Waals surface area contributed by atoms with Crippen LogP contribution in [0.5, 0.6) is 5.75 Å². The highest BCUT2D eigenvalue weighted by Crippen LogP contribution is 2.70. The third-order valence-corrected chi connectivity index (χ3v) is 15.5. The van der Waals surface area contributed by atoms with Crippen molar-refractivity contribution in [2.75, 3.05) is 13.7 Å². The van der Waals surface area contributed by atoms with Gasteiger partial charge in [-0.15, -0.1) is 6.58 Å². The van der Waals surface area contributed by atoms with Gasteiger partial charge in [-0.3, -0.25) is 0 Å². The summed E-state index contributed by atoms with van der Waals surface area (Å²) < 4.78 is 12.9. The first-order valence-electron chi connectivity index (χ1n) is 14.5. The predicted molar refractivity (Wildman–Crippen MR) is 153 cm³/mol. The van der Waals surface area contributed by atoms with Crippen LogP contribution < -0.4 is 4.74 Å². The van der Waals surface area contributed by atoms with E-state index in [0.29, 0.717) is 30.5 Å². The van der Waals surface area contributed by atoms with Crippen LogP contribution in [0.2, 0.25) is 18.1 Å². The van der Waals surface area contributed by atoms with Crippen molar-refractivity contribution in [2.24, 2.45) is 22.7 Å². The second kappa shape index (κ2) is 10.2. The van der Waals surface area contributed by atoms with E-state index in [4.69, 9.17) is 9.16 Å². The molecule has 1 N–H and O–H groups in total. The number of aliphatic hydroxyl groups is 1. The molecule has 0 saturated heterocycles. The molecule has 3 aliphatic rings. The minimum Gasteiger partial charge on any atom is -0.497 e. The Labute approximate surface area is 222 Å². The van der Waals surface area contributed by atoms with Gasteiger partial charge < -0.3 is 14.3 Å². The van der Waals surface area contributed by atoms with E-state index >= 15 is 0 Å². The summed E-state index contributed by atoms with van der Waals surface area (Å²) in [6, 6.07) is 6.84. The number of rotatable bonds is 9. The summed E-state index contributed by atoms with van der Waals surface area (Å²) >= 11 is 0. The molecule has 36 heavy (non-hydrogen) atoms. The lowest BCUT2D eigenvalue weighted by Crippen LogP contribution is -2.56. The van der Waals surface area contributed by atoms with Gasteiger partial charge in [0.15, 0.2) is 8.32 Å². The molecule has 0 aliphatic heterocycles. The Balaban J connectivity index is 1.74. The van der Waals surface area contributed by atoms with Crippen molar-refractivity contribution in [3.63, 3.8) is 0 Å². The van der Waals surface area contributed by atoms with E-state index in [1.54, 1.807) is 12.7 Å². The summed E-state index contributed by atoms with van der Waals surface area (Å²) in [7, 11) is -0.0917. The van der Waals surface area contributed by atoms with E-state index in [1.165, 1.54) is 44.1 Å². The number of unbranched alkanes of at least 4 members (excludes halogenated alkanes) is 2. The zero-order chi connectivity index (χ0) is 26.4. The molecular weight excluding hydrogens is 460 g/mol. The van der Waals surface area contributed by atoms with Crippen LogP contribution in [0, 0.1) is 22.7 Å². The number of benzene rings is 1. The molecule has 0 heterocycles. The maximum atomic E-state index is 9.38. The number of aryl methyl sites for hydroxylation is 1. The fraction of sp³-hybridized carbons (Fsp3) is 0.750. The highest BCUT2D eigenvalue weighted by molar-refractivity contribution is 6.74. The van der Waals surface area contributed by atoms with Gasteiger partial charge in [-0.2, -0.15) is 0 Å². The van der Waals surface area contributed by atoms with Gasteiger partial charge >= 0.3 is 0 Å². The molecule has 1 aromatic carbocycles. The minimum atomic E-state index is -1.87. The molecule has 1 aromatic rings. The largest absolute Gasteiger partial charge is 0.497 e. The van der Waals surface area contributed by atoms with Crippen molar-refractivity contribution in [3.05, 3.63) is 42.0 Å². The number of ether oxygens (including phenoxy) is 1. The molecule has 0 unspecified atom stereocenters. The molecule has 0 aromatic heterocycles. The quantitative estimate of drug-likeness (QED) is 0.205. The van der Waals surface area contributed by atoms with Gasteiger partial charge in [0.05, 0.1) is 13.2 Å². The monoisotopic (exact) mass is 512 g/mol. The van der Waals surface area contributed by atoms with Crippen molar-refractivity contribution < 1.29 is 14.3 Å². The lowest BCUT2D eigenvalue weighted by atomic mass is 9.44. The SMILES string of the molecule is C=C[C@@]12CCc3cc(OC)ccc3[C@H]1[C@@H](CCCCCO)C[C@]1(C)[C@@H](O[Si](C)(C)C(C)(C)C)CC[C@H]12. The molecule has 4 heteroatoms. The van der Waals surface area contributed by atoms with Crippen LogP contribution in [-0.2, 0) is 10.8 Å². The Bertz CT molecular complexity index is 934. The van der Waals surface area contributed by atoms with Gasteiger partial charge in [-0.05, 0) is 115 Å². The standard InChI is InChI=1S/C32H52O3Si/c1-9-32-19-18-23-21-25(34-6)14-15-26(23)29(32)24(13-11-10-12-20-33)22-31(5)27(32)16-17-28(31)35-36(7,8)30(2,3)4/h9,14-15,21,24,27-29,33H,1,10-13,16-20,22H2,2-8H3/t24-,27+,28-,29+,31-,32-/m0/s1.